The fraction of sp³-hybridized carbons (Fsp3) is 0.667. The monoisotopic (exact) mass is 259 g/mol. The molecule has 1 aliphatic carbocycles. The molecule has 1 aliphatic rings. The van der Waals surface area contributed by atoms with Crippen LogP contribution in [0, 0.1) is 5.92 Å². The van der Waals surface area contributed by atoms with Gasteiger partial charge >= 0.3 is 0 Å². The Hall–Kier alpha value is -0.820. The smallest absolute Gasteiger partial charge is 0.0164 e. The summed E-state index contributed by atoms with van der Waals surface area (Å²) >= 11 is 0. The first kappa shape index (κ1) is 14.6. The van der Waals surface area contributed by atoms with Crippen molar-refractivity contribution in [1.29, 1.82) is 0 Å². The van der Waals surface area contributed by atoms with Crippen LogP contribution in [-0.4, -0.2) is 12.6 Å². The molecule has 0 aliphatic heterocycles. The predicted molar refractivity (Wildman–Crippen MR) is 83.5 cm³/mol. The van der Waals surface area contributed by atoms with Crippen molar-refractivity contribution in [3.05, 3.63) is 35.9 Å². The molecule has 19 heavy (non-hydrogen) atoms. The maximum absolute atomic E-state index is 3.83. The van der Waals surface area contributed by atoms with E-state index in [0.29, 0.717) is 11.5 Å². The first-order valence-corrected chi connectivity index (χ1v) is 7.98. The van der Waals surface area contributed by atoms with Crippen molar-refractivity contribution in [3.63, 3.8) is 0 Å². The second-order valence-electron chi connectivity index (χ2n) is 6.50. The van der Waals surface area contributed by atoms with Crippen molar-refractivity contribution >= 4 is 0 Å². The molecule has 2 rings (SSSR count). The molecule has 1 N–H and O–H groups in total. The fourth-order valence-electron chi connectivity index (χ4n) is 3.14. The van der Waals surface area contributed by atoms with Gasteiger partial charge < -0.3 is 5.32 Å². The van der Waals surface area contributed by atoms with Gasteiger partial charge in [0.2, 0.25) is 0 Å². The van der Waals surface area contributed by atoms with Crippen LogP contribution in [-0.2, 0) is 5.41 Å². The number of hydrogen-bond donors (Lipinski definition) is 1. The molecule has 1 nitrogen and oxygen atoms in total. The summed E-state index contributed by atoms with van der Waals surface area (Å²) in [6.45, 7) is 8.07. The predicted octanol–water partition coefficient (Wildman–Crippen LogP) is 4.52. The second-order valence-corrected chi connectivity index (χ2v) is 6.50. The Morgan fingerprint density at radius 3 is 2.32 bits per heavy atom. The van der Waals surface area contributed by atoms with E-state index in [-0.39, 0.29) is 0 Å². The maximum atomic E-state index is 3.83. The van der Waals surface area contributed by atoms with Crippen LogP contribution >= 0.6 is 0 Å². The Labute approximate surface area is 118 Å². The lowest BCUT2D eigenvalue weighted by Crippen LogP contribution is -2.40. The molecular formula is C18H29N. The topological polar surface area (TPSA) is 12.0 Å². The average molecular weight is 259 g/mol. The minimum absolute atomic E-state index is 0.436. The van der Waals surface area contributed by atoms with Gasteiger partial charge in [-0.25, -0.2) is 0 Å². The Balaban J connectivity index is 2.08. The molecule has 0 spiro atoms. The Kier molecular flexibility index (Phi) is 5.04. The average Bonchev–Trinajstić information content (AvgIpc) is 3.21. The molecule has 1 aromatic carbocycles. The van der Waals surface area contributed by atoms with Gasteiger partial charge in [-0.15, -0.1) is 0 Å². The van der Waals surface area contributed by atoms with Crippen LogP contribution in [0.4, 0.5) is 0 Å². The molecule has 0 heterocycles. The molecule has 106 valence electrons. The third kappa shape index (κ3) is 3.60. The third-order valence-electron chi connectivity index (χ3n) is 4.48. The molecule has 0 amide bonds. The van der Waals surface area contributed by atoms with Crippen LogP contribution in [0.15, 0.2) is 30.3 Å². The van der Waals surface area contributed by atoms with Crippen LogP contribution in [0.5, 0.6) is 0 Å². The first-order valence-electron chi connectivity index (χ1n) is 7.98. The van der Waals surface area contributed by atoms with Crippen LogP contribution < -0.4 is 5.32 Å². The van der Waals surface area contributed by atoms with E-state index in [4.69, 9.17) is 0 Å². The molecule has 0 aromatic heterocycles. The van der Waals surface area contributed by atoms with E-state index in [0.717, 1.165) is 12.5 Å². The molecule has 0 bridgehead atoms. The zero-order valence-electron chi connectivity index (χ0n) is 12.8. The summed E-state index contributed by atoms with van der Waals surface area (Å²) in [5.41, 5.74) is 1.98. The largest absolute Gasteiger partial charge is 0.313 e. The van der Waals surface area contributed by atoms with Gasteiger partial charge in [-0.3, -0.25) is 0 Å². The SMILES string of the molecule is CCCNC(CCC(C)C)C1(c2ccccc2)CC1. The fourth-order valence-corrected chi connectivity index (χ4v) is 3.14. The number of hydrogen-bond acceptors (Lipinski definition) is 1. The zero-order chi connectivity index (χ0) is 13.7. The lowest BCUT2D eigenvalue weighted by Gasteiger charge is -2.29. The standard InChI is InChI=1S/C18H29N/c1-4-14-19-17(11-10-15(2)3)18(12-13-18)16-8-6-5-7-9-16/h5-9,15,17,19H,4,10-14H2,1-3H3. The third-order valence-corrected chi connectivity index (χ3v) is 4.48. The van der Waals surface area contributed by atoms with Gasteiger partial charge in [0, 0.05) is 11.5 Å². The van der Waals surface area contributed by atoms with Crippen molar-refractivity contribution in [3.8, 4) is 0 Å². The summed E-state index contributed by atoms with van der Waals surface area (Å²) in [6, 6.07) is 11.8. The van der Waals surface area contributed by atoms with Crippen molar-refractivity contribution in [1.82, 2.24) is 5.32 Å². The molecule has 1 atom stereocenters. The summed E-state index contributed by atoms with van der Waals surface area (Å²) in [7, 11) is 0. The van der Waals surface area contributed by atoms with Crippen LogP contribution in [0.3, 0.4) is 0 Å². The highest BCUT2D eigenvalue weighted by Crippen LogP contribution is 2.52. The van der Waals surface area contributed by atoms with E-state index in [2.05, 4.69) is 56.4 Å². The lowest BCUT2D eigenvalue weighted by molar-refractivity contribution is 0.362. The highest BCUT2D eigenvalue weighted by atomic mass is 14.9. The highest BCUT2D eigenvalue weighted by Gasteiger charge is 2.49. The maximum Gasteiger partial charge on any atom is 0.0164 e. The van der Waals surface area contributed by atoms with E-state index < -0.39 is 0 Å². The van der Waals surface area contributed by atoms with Crippen LogP contribution in [0.25, 0.3) is 0 Å². The molecule has 1 saturated carbocycles. The molecule has 1 fully saturated rings. The number of nitrogens with one attached hydrogen (secondary N) is 1. The summed E-state index contributed by atoms with van der Waals surface area (Å²) in [6.07, 6.45) is 6.58. The highest BCUT2D eigenvalue weighted by molar-refractivity contribution is 5.33. The van der Waals surface area contributed by atoms with Crippen LogP contribution in [0.2, 0.25) is 0 Å². The molecule has 0 radical (unpaired) electrons. The quantitative estimate of drug-likeness (QED) is 0.723. The summed E-state index contributed by atoms with van der Waals surface area (Å²) < 4.78 is 0. The van der Waals surface area contributed by atoms with Gasteiger partial charge in [-0.05, 0) is 50.1 Å². The van der Waals surface area contributed by atoms with Gasteiger partial charge in [0.05, 0.1) is 0 Å². The molecule has 1 aromatic rings. The number of benzene rings is 1. The lowest BCUT2D eigenvalue weighted by atomic mass is 9.84. The Morgan fingerprint density at radius 1 is 1.11 bits per heavy atom. The Bertz CT molecular complexity index is 365. The van der Waals surface area contributed by atoms with Crippen molar-refractivity contribution < 1.29 is 0 Å². The van der Waals surface area contributed by atoms with Crippen molar-refractivity contribution in [2.24, 2.45) is 5.92 Å². The molecular weight excluding hydrogens is 230 g/mol. The van der Waals surface area contributed by atoms with Gasteiger partial charge in [0.25, 0.3) is 0 Å². The second kappa shape index (κ2) is 6.56. The van der Waals surface area contributed by atoms with Gasteiger partial charge in [-0.1, -0.05) is 51.1 Å². The molecule has 0 saturated heterocycles. The first-order chi connectivity index (χ1) is 9.19. The summed E-state index contributed by atoms with van der Waals surface area (Å²) in [4.78, 5) is 0. The zero-order valence-corrected chi connectivity index (χ0v) is 12.8. The number of rotatable bonds is 8. The minimum Gasteiger partial charge on any atom is -0.313 e. The van der Waals surface area contributed by atoms with Gasteiger partial charge in [0.15, 0.2) is 0 Å². The van der Waals surface area contributed by atoms with Crippen molar-refractivity contribution in [2.45, 2.75) is 64.3 Å². The van der Waals surface area contributed by atoms with E-state index >= 15 is 0 Å². The summed E-state index contributed by atoms with van der Waals surface area (Å²) in [5, 5.41) is 3.83. The Morgan fingerprint density at radius 2 is 1.79 bits per heavy atom. The van der Waals surface area contributed by atoms with Gasteiger partial charge in [0.1, 0.15) is 0 Å². The molecule has 1 unspecified atom stereocenters. The molecule has 1 heteroatoms. The van der Waals surface area contributed by atoms with E-state index in [9.17, 15) is 0 Å². The minimum atomic E-state index is 0.436. The van der Waals surface area contributed by atoms with E-state index in [1.165, 1.54) is 32.1 Å². The van der Waals surface area contributed by atoms with Crippen molar-refractivity contribution in [2.75, 3.05) is 6.54 Å². The van der Waals surface area contributed by atoms with Gasteiger partial charge in [-0.2, -0.15) is 0 Å². The van der Waals surface area contributed by atoms with Crippen LogP contribution in [0.1, 0.15) is 58.4 Å². The van der Waals surface area contributed by atoms with E-state index in [1.54, 1.807) is 5.56 Å². The summed E-state index contributed by atoms with van der Waals surface area (Å²) in [5.74, 6) is 0.803. The normalized spacial score (nSPS) is 18.5. The van der Waals surface area contributed by atoms with E-state index in [1.807, 2.05) is 0 Å².